The normalized spacial score (nSPS) is 12.1. The predicted molar refractivity (Wildman–Crippen MR) is 212 cm³/mol. The molecule has 0 amide bonds. The fourth-order valence-corrected chi connectivity index (χ4v) is 9.42. The molecule has 2 aliphatic rings. The van der Waals surface area contributed by atoms with E-state index in [2.05, 4.69) is 193 Å². The molecular weight excluding hydrogens is 677 g/mol. The maximum atomic E-state index is 5.46. The molecule has 0 saturated carbocycles. The molecule has 7 aromatic heterocycles. The second-order valence-electron chi connectivity index (χ2n) is 13.3. The summed E-state index contributed by atoms with van der Waals surface area (Å²) in [5.41, 5.74) is 12.7. The highest BCUT2D eigenvalue weighted by atomic mass is 32.1. The first-order valence-electron chi connectivity index (χ1n) is 17.2. The van der Waals surface area contributed by atoms with Crippen molar-refractivity contribution in [2.75, 3.05) is 0 Å². The SMILES string of the molecule is C[n+]1cccc(-c2c3nc(c(-c4ccc[n+](C)c4)c4ccc(s4)c(-c4ccc[n+](C)c4)c4nc(c(-c5ccc[n+](C)c5)c5ccc2s5)C=C4)C=C3)c1. The van der Waals surface area contributed by atoms with E-state index in [1.165, 1.54) is 0 Å². The van der Waals surface area contributed by atoms with Crippen molar-refractivity contribution in [1.29, 1.82) is 0 Å². The molecule has 0 spiro atoms. The van der Waals surface area contributed by atoms with Crippen LogP contribution in [0.25, 0.3) is 87.6 Å². The van der Waals surface area contributed by atoms with Gasteiger partial charge in [-0.05, 0) is 72.8 Å². The van der Waals surface area contributed by atoms with Crippen molar-refractivity contribution in [3.8, 4) is 44.5 Å². The number of hydrogen-bond donors (Lipinski definition) is 0. The van der Waals surface area contributed by atoms with Crippen molar-refractivity contribution in [1.82, 2.24) is 9.97 Å². The molecule has 2 aliphatic heterocycles. The third-order valence-corrected chi connectivity index (χ3v) is 11.7. The van der Waals surface area contributed by atoms with Crippen LogP contribution in [0.3, 0.4) is 0 Å². The van der Waals surface area contributed by atoms with Crippen molar-refractivity contribution in [2.45, 2.75) is 0 Å². The topological polar surface area (TPSA) is 41.3 Å². The van der Waals surface area contributed by atoms with E-state index in [4.69, 9.17) is 9.97 Å². The van der Waals surface area contributed by atoms with E-state index < -0.39 is 0 Å². The Balaban J connectivity index is 1.49. The highest BCUT2D eigenvalue weighted by molar-refractivity contribution is 7.24. The van der Waals surface area contributed by atoms with E-state index in [1.54, 1.807) is 22.7 Å². The van der Waals surface area contributed by atoms with E-state index >= 15 is 0 Å². The van der Waals surface area contributed by atoms with Gasteiger partial charge in [-0.15, -0.1) is 22.7 Å². The second kappa shape index (κ2) is 13.0. The van der Waals surface area contributed by atoms with Crippen LogP contribution in [-0.2, 0) is 28.2 Å². The van der Waals surface area contributed by atoms with Crippen molar-refractivity contribution in [3.05, 3.63) is 145 Å². The van der Waals surface area contributed by atoms with E-state index in [0.29, 0.717) is 0 Å². The Hall–Kier alpha value is -5.96. The second-order valence-corrected chi connectivity index (χ2v) is 15.5. The van der Waals surface area contributed by atoms with Gasteiger partial charge in [0, 0.05) is 87.6 Å². The Labute approximate surface area is 310 Å². The molecule has 9 heterocycles. The molecule has 7 aromatic rings. The highest BCUT2D eigenvalue weighted by Gasteiger charge is 2.21. The van der Waals surface area contributed by atoms with E-state index in [0.717, 1.165) is 86.1 Å². The fourth-order valence-electron chi connectivity index (χ4n) is 7.10. The van der Waals surface area contributed by atoms with Gasteiger partial charge in [-0.25, -0.2) is 28.2 Å². The van der Waals surface area contributed by atoms with Gasteiger partial charge in [0.15, 0.2) is 49.6 Å². The quantitative estimate of drug-likeness (QED) is 0.173. The number of hydrogen-bond acceptors (Lipinski definition) is 4. The molecule has 0 aliphatic carbocycles. The highest BCUT2D eigenvalue weighted by Crippen LogP contribution is 2.42. The molecule has 0 radical (unpaired) electrons. The predicted octanol–water partition coefficient (Wildman–Crippen LogP) is 8.09. The summed E-state index contributed by atoms with van der Waals surface area (Å²) in [6, 6.07) is 26.1. The number of fused-ring (bicyclic) bond motifs is 8. The third kappa shape index (κ3) is 5.86. The summed E-state index contributed by atoms with van der Waals surface area (Å²) in [7, 11) is 8.28. The lowest BCUT2D eigenvalue weighted by atomic mass is 10.1. The fraction of sp³-hybridized carbons (Fsp3) is 0.0909. The van der Waals surface area contributed by atoms with Gasteiger partial charge in [0.25, 0.3) is 0 Å². The van der Waals surface area contributed by atoms with Crippen molar-refractivity contribution >= 4 is 65.8 Å². The molecule has 6 nitrogen and oxygen atoms in total. The molecule has 0 N–H and O–H groups in total. The van der Waals surface area contributed by atoms with Gasteiger partial charge < -0.3 is 0 Å². The zero-order chi connectivity index (χ0) is 35.3. The standard InChI is InChI=1S/C44H36N6S2/c1-47-21-5-9-29(25-47)41-33-13-14-34(45-33)42(30-10-6-22-48(2)26-30)39-19-20-40(52-39)44(32-12-8-24-50(4)28-32)36-16-15-35(46-36)43(38-18-17-37(41)51-38)31-11-7-23-49(3)27-31/h5-28H,1-4H3/q+4. The molecule has 8 bridgehead atoms. The van der Waals surface area contributed by atoms with Crippen molar-refractivity contribution < 1.29 is 18.3 Å². The molecule has 0 fully saturated rings. The first-order chi connectivity index (χ1) is 25.4. The first kappa shape index (κ1) is 32.0. The van der Waals surface area contributed by atoms with E-state index in [9.17, 15) is 0 Å². The van der Waals surface area contributed by atoms with Crippen LogP contribution in [0.2, 0.25) is 0 Å². The van der Waals surface area contributed by atoms with Crippen LogP contribution in [0.4, 0.5) is 0 Å². The summed E-state index contributed by atoms with van der Waals surface area (Å²) in [5, 5.41) is 0. The lowest BCUT2D eigenvalue weighted by molar-refractivity contribution is -0.671. The number of aromatic nitrogens is 6. The molecule has 9 rings (SSSR count). The van der Waals surface area contributed by atoms with Gasteiger partial charge in [-0.3, -0.25) is 0 Å². The summed E-state index contributed by atoms with van der Waals surface area (Å²) in [5.74, 6) is 0. The summed E-state index contributed by atoms with van der Waals surface area (Å²) >= 11 is 3.57. The Morgan fingerprint density at radius 1 is 0.365 bits per heavy atom. The number of rotatable bonds is 4. The Bertz CT molecular complexity index is 2430. The molecule has 8 heteroatoms. The van der Waals surface area contributed by atoms with Gasteiger partial charge in [-0.2, -0.15) is 0 Å². The average Bonchev–Trinajstić information content (AvgIpc) is 3.96. The summed E-state index contributed by atoms with van der Waals surface area (Å²) in [6.07, 6.45) is 25.7. The maximum absolute atomic E-state index is 5.46. The molecule has 250 valence electrons. The number of nitrogens with zero attached hydrogens (tertiary/aromatic N) is 6. The van der Waals surface area contributed by atoms with E-state index in [1.807, 2.05) is 0 Å². The van der Waals surface area contributed by atoms with Crippen molar-refractivity contribution in [3.63, 3.8) is 0 Å². The molecule has 52 heavy (non-hydrogen) atoms. The largest absolute Gasteiger partial charge is 0.248 e. The van der Waals surface area contributed by atoms with Crippen LogP contribution in [-0.4, -0.2) is 9.97 Å². The smallest absolute Gasteiger partial charge is 0.176 e. The van der Waals surface area contributed by atoms with Crippen molar-refractivity contribution in [2.24, 2.45) is 28.2 Å². The molecule has 0 aromatic carbocycles. The Morgan fingerprint density at radius 3 is 0.846 bits per heavy atom. The molecule has 0 unspecified atom stereocenters. The zero-order valence-electron chi connectivity index (χ0n) is 29.4. The van der Waals surface area contributed by atoms with Crippen LogP contribution in [0.1, 0.15) is 22.8 Å². The van der Waals surface area contributed by atoms with Gasteiger partial charge >= 0.3 is 0 Å². The Morgan fingerprint density at radius 2 is 0.615 bits per heavy atom. The van der Waals surface area contributed by atoms with Gasteiger partial charge in [0.2, 0.25) is 0 Å². The lowest BCUT2D eigenvalue weighted by Gasteiger charge is -2.04. The zero-order valence-corrected chi connectivity index (χ0v) is 31.0. The lowest BCUT2D eigenvalue weighted by Crippen LogP contribution is -2.26. The van der Waals surface area contributed by atoms with Gasteiger partial charge in [-0.1, -0.05) is 0 Å². The molecule has 0 atom stereocenters. The van der Waals surface area contributed by atoms with Crippen LogP contribution < -0.4 is 18.3 Å². The Kier molecular flexibility index (Phi) is 7.98. The minimum absolute atomic E-state index is 0.946. The van der Waals surface area contributed by atoms with Crippen LogP contribution in [0, 0.1) is 0 Å². The average molecular weight is 713 g/mol. The van der Waals surface area contributed by atoms with Gasteiger partial charge in [0.1, 0.15) is 28.2 Å². The molecule has 0 saturated heterocycles. The summed E-state index contributed by atoms with van der Waals surface area (Å²) in [6.45, 7) is 0. The first-order valence-corrected chi connectivity index (χ1v) is 18.8. The van der Waals surface area contributed by atoms with E-state index in [-0.39, 0.29) is 0 Å². The molecular formula is C44H36N6S2+4. The van der Waals surface area contributed by atoms with Crippen LogP contribution >= 0.6 is 22.7 Å². The minimum Gasteiger partial charge on any atom is -0.248 e. The summed E-state index contributed by atoms with van der Waals surface area (Å²) in [4.78, 5) is 10.9. The minimum atomic E-state index is 0.946. The third-order valence-electron chi connectivity index (χ3n) is 9.42. The maximum Gasteiger partial charge on any atom is 0.176 e. The van der Waals surface area contributed by atoms with Crippen LogP contribution in [0.5, 0.6) is 0 Å². The number of aryl methyl sites for hydroxylation is 4. The van der Waals surface area contributed by atoms with Crippen LogP contribution in [0.15, 0.2) is 122 Å². The van der Waals surface area contributed by atoms with Gasteiger partial charge in [0.05, 0.1) is 22.8 Å². The number of pyridine rings is 4. The number of thiophene rings is 2. The monoisotopic (exact) mass is 712 g/mol. The summed E-state index contributed by atoms with van der Waals surface area (Å²) < 4.78 is 13.0.